The number of amides is 1. The Labute approximate surface area is 270 Å². The van der Waals surface area contributed by atoms with Crippen molar-refractivity contribution in [3.05, 3.63) is 86.7 Å². The molecule has 2 N–H and O–H groups in total. The van der Waals surface area contributed by atoms with Crippen molar-refractivity contribution in [3.8, 4) is 22.8 Å². The molecular weight excluding hydrogens is 648 g/mol. The van der Waals surface area contributed by atoms with Gasteiger partial charge in [0.25, 0.3) is 5.91 Å². The number of hydrogen-bond acceptors (Lipinski definition) is 7. The third kappa shape index (κ3) is 10.1. The number of unbranched alkanes of at least 4 members (excludes halogenated alkanes) is 5. The van der Waals surface area contributed by atoms with E-state index in [-0.39, 0.29) is 5.91 Å². The van der Waals surface area contributed by atoms with Gasteiger partial charge < -0.3 is 14.8 Å². The molecule has 0 aliphatic carbocycles. The van der Waals surface area contributed by atoms with Gasteiger partial charge in [0.05, 0.1) is 29.6 Å². The summed E-state index contributed by atoms with van der Waals surface area (Å²) in [6.45, 7) is 5.30. The third-order valence-corrected chi connectivity index (χ3v) is 8.10. The number of thiazole rings is 1. The normalized spacial score (nSPS) is 11.1. The SMILES string of the molecule is CCCCCCCCOc1c(Br)cc(/C=N\NC(=O)c2ccc(-c3csc(Nc4ccc(Cl)cc4)n3)cc2)cc1OCC. The fourth-order valence-electron chi connectivity index (χ4n) is 4.26. The van der Waals surface area contributed by atoms with Gasteiger partial charge >= 0.3 is 0 Å². The number of carbonyl (C=O) groups excluding carboxylic acids is 1. The molecule has 0 saturated carbocycles. The first kappa shape index (κ1) is 32.5. The fourth-order valence-corrected chi connectivity index (χ4v) is 5.70. The van der Waals surface area contributed by atoms with Crippen molar-refractivity contribution >= 4 is 61.8 Å². The lowest BCUT2D eigenvalue weighted by molar-refractivity contribution is 0.0955. The van der Waals surface area contributed by atoms with Gasteiger partial charge in [0.2, 0.25) is 0 Å². The lowest BCUT2D eigenvalue weighted by atomic mass is 10.1. The number of carbonyl (C=O) groups is 1. The van der Waals surface area contributed by atoms with Gasteiger partial charge in [-0.15, -0.1) is 11.3 Å². The molecule has 0 aliphatic heterocycles. The van der Waals surface area contributed by atoms with Crippen LogP contribution in [0.25, 0.3) is 11.3 Å². The molecule has 10 heteroatoms. The highest BCUT2D eigenvalue weighted by molar-refractivity contribution is 9.10. The number of hydrogen-bond donors (Lipinski definition) is 2. The summed E-state index contributed by atoms with van der Waals surface area (Å²) < 4.78 is 12.7. The van der Waals surface area contributed by atoms with Crippen LogP contribution in [0.3, 0.4) is 0 Å². The molecule has 0 atom stereocenters. The number of anilines is 2. The molecular formula is C33H36BrClN4O3S. The van der Waals surface area contributed by atoms with E-state index < -0.39 is 0 Å². The molecule has 0 saturated heterocycles. The summed E-state index contributed by atoms with van der Waals surface area (Å²) in [6.07, 6.45) is 8.79. The van der Waals surface area contributed by atoms with Gasteiger partial charge in [-0.25, -0.2) is 10.4 Å². The first-order valence-corrected chi connectivity index (χ1v) is 16.5. The van der Waals surface area contributed by atoms with E-state index >= 15 is 0 Å². The summed E-state index contributed by atoms with van der Waals surface area (Å²) >= 11 is 11.1. The minimum atomic E-state index is -0.311. The van der Waals surface area contributed by atoms with Gasteiger partial charge in [0.1, 0.15) is 0 Å². The van der Waals surface area contributed by atoms with Gasteiger partial charge in [-0.3, -0.25) is 4.79 Å². The molecule has 1 aromatic heterocycles. The van der Waals surface area contributed by atoms with Crippen molar-refractivity contribution in [2.24, 2.45) is 5.10 Å². The number of hydrazone groups is 1. The summed E-state index contributed by atoms with van der Waals surface area (Å²) in [5.41, 5.74) is 6.50. The van der Waals surface area contributed by atoms with E-state index in [4.69, 9.17) is 21.1 Å². The maximum Gasteiger partial charge on any atom is 0.271 e. The van der Waals surface area contributed by atoms with Gasteiger partial charge in [-0.2, -0.15) is 5.10 Å². The standard InChI is InChI=1S/C33H36BrClN4O3S/c1-3-5-6-7-8-9-18-42-31-28(34)19-23(20-30(31)41-4-2)21-36-39-32(40)25-12-10-24(11-13-25)29-22-43-33(38-29)37-27-16-14-26(35)15-17-27/h10-17,19-22H,3-9,18H2,1-2H3,(H,37,38)(H,39,40)/b36-21-. The average Bonchev–Trinajstić information content (AvgIpc) is 3.47. The van der Waals surface area contributed by atoms with Crippen molar-refractivity contribution in [1.82, 2.24) is 10.4 Å². The Kier molecular flexibility index (Phi) is 12.9. The van der Waals surface area contributed by atoms with Crippen LogP contribution in [0.2, 0.25) is 5.02 Å². The second-order valence-electron chi connectivity index (χ2n) is 9.83. The largest absolute Gasteiger partial charge is 0.490 e. The summed E-state index contributed by atoms with van der Waals surface area (Å²) in [6, 6.07) is 18.5. The van der Waals surface area contributed by atoms with Crippen LogP contribution in [-0.2, 0) is 0 Å². The average molecular weight is 684 g/mol. The molecule has 4 rings (SSSR count). The van der Waals surface area contributed by atoms with E-state index in [0.29, 0.717) is 35.3 Å². The molecule has 3 aromatic carbocycles. The minimum Gasteiger partial charge on any atom is -0.490 e. The van der Waals surface area contributed by atoms with E-state index in [2.05, 4.69) is 43.7 Å². The molecule has 43 heavy (non-hydrogen) atoms. The second-order valence-corrected chi connectivity index (χ2v) is 12.0. The van der Waals surface area contributed by atoms with Crippen LogP contribution >= 0.6 is 38.9 Å². The Morgan fingerprint density at radius 2 is 1.74 bits per heavy atom. The molecule has 226 valence electrons. The van der Waals surface area contributed by atoms with Crippen LogP contribution in [0.4, 0.5) is 10.8 Å². The lowest BCUT2D eigenvalue weighted by Crippen LogP contribution is -2.17. The Bertz CT molecular complexity index is 1490. The van der Waals surface area contributed by atoms with Crippen LogP contribution in [0, 0.1) is 0 Å². The minimum absolute atomic E-state index is 0.311. The van der Waals surface area contributed by atoms with Crippen molar-refractivity contribution in [2.45, 2.75) is 52.4 Å². The fraction of sp³-hybridized carbons (Fsp3) is 0.303. The predicted molar refractivity (Wildman–Crippen MR) is 182 cm³/mol. The number of aromatic nitrogens is 1. The van der Waals surface area contributed by atoms with E-state index in [1.165, 1.54) is 37.0 Å². The maximum atomic E-state index is 12.7. The number of benzene rings is 3. The molecule has 1 heterocycles. The molecule has 0 bridgehead atoms. The zero-order chi connectivity index (χ0) is 30.4. The molecule has 0 spiro atoms. The topological polar surface area (TPSA) is 84.8 Å². The maximum absolute atomic E-state index is 12.7. The molecule has 0 radical (unpaired) electrons. The Morgan fingerprint density at radius 1 is 1.00 bits per heavy atom. The van der Waals surface area contributed by atoms with Crippen molar-refractivity contribution in [2.75, 3.05) is 18.5 Å². The van der Waals surface area contributed by atoms with E-state index in [1.54, 1.807) is 18.3 Å². The highest BCUT2D eigenvalue weighted by Gasteiger charge is 2.13. The first-order valence-electron chi connectivity index (χ1n) is 14.5. The number of nitrogens with one attached hydrogen (secondary N) is 2. The second kappa shape index (κ2) is 17.0. The first-order chi connectivity index (χ1) is 21.0. The number of rotatable bonds is 16. The van der Waals surface area contributed by atoms with Crippen molar-refractivity contribution < 1.29 is 14.3 Å². The van der Waals surface area contributed by atoms with Crippen LogP contribution in [-0.4, -0.2) is 30.3 Å². The van der Waals surface area contributed by atoms with Crippen LogP contribution < -0.4 is 20.2 Å². The van der Waals surface area contributed by atoms with E-state index in [1.807, 2.05) is 60.8 Å². The lowest BCUT2D eigenvalue weighted by Gasteiger charge is -2.14. The molecule has 0 unspecified atom stereocenters. The van der Waals surface area contributed by atoms with E-state index in [9.17, 15) is 4.79 Å². The number of halogens is 2. The quantitative estimate of drug-likeness (QED) is 0.0698. The highest BCUT2D eigenvalue weighted by Crippen LogP contribution is 2.37. The summed E-state index contributed by atoms with van der Waals surface area (Å²) in [7, 11) is 0. The van der Waals surface area contributed by atoms with Crippen LogP contribution in [0.15, 0.2) is 75.6 Å². The summed E-state index contributed by atoms with van der Waals surface area (Å²) in [4.78, 5) is 17.4. The molecule has 0 fully saturated rings. The van der Waals surface area contributed by atoms with Crippen LogP contribution in [0.1, 0.15) is 68.3 Å². The van der Waals surface area contributed by atoms with Crippen molar-refractivity contribution in [3.63, 3.8) is 0 Å². The Hall–Kier alpha value is -3.40. The third-order valence-electron chi connectivity index (χ3n) is 6.50. The van der Waals surface area contributed by atoms with Crippen LogP contribution in [0.5, 0.6) is 11.5 Å². The monoisotopic (exact) mass is 682 g/mol. The summed E-state index contributed by atoms with van der Waals surface area (Å²) in [5, 5.41) is 10.9. The highest BCUT2D eigenvalue weighted by atomic mass is 79.9. The zero-order valence-electron chi connectivity index (χ0n) is 24.4. The Morgan fingerprint density at radius 3 is 2.49 bits per heavy atom. The van der Waals surface area contributed by atoms with E-state index in [0.717, 1.165) is 45.0 Å². The number of ether oxygens (including phenoxy) is 2. The molecule has 1 amide bonds. The molecule has 4 aromatic rings. The van der Waals surface area contributed by atoms with Gasteiger partial charge in [0.15, 0.2) is 16.6 Å². The van der Waals surface area contributed by atoms with Gasteiger partial charge in [-0.1, -0.05) is 62.8 Å². The Balaban J connectivity index is 1.31. The summed E-state index contributed by atoms with van der Waals surface area (Å²) in [5.74, 6) is 1.01. The zero-order valence-corrected chi connectivity index (χ0v) is 27.5. The predicted octanol–water partition coefficient (Wildman–Crippen LogP) is 9.87. The van der Waals surface area contributed by atoms with Crippen molar-refractivity contribution in [1.29, 1.82) is 0 Å². The molecule has 0 aliphatic rings. The molecule has 7 nitrogen and oxygen atoms in total. The number of nitrogens with zero attached hydrogens (tertiary/aromatic N) is 2. The van der Waals surface area contributed by atoms with Gasteiger partial charge in [-0.05, 0) is 83.4 Å². The van der Waals surface area contributed by atoms with Gasteiger partial charge in [0, 0.05) is 27.2 Å². The smallest absolute Gasteiger partial charge is 0.271 e.